The van der Waals surface area contributed by atoms with Crippen LogP contribution in [-0.4, -0.2) is 11.0 Å². The molecule has 2 fully saturated rings. The Morgan fingerprint density at radius 3 is 1.59 bits per heavy atom. The Balaban J connectivity index is 0.00000128. The van der Waals surface area contributed by atoms with Gasteiger partial charge < -0.3 is 11.0 Å². The van der Waals surface area contributed by atoms with Gasteiger partial charge in [-0.3, -0.25) is 0 Å². The summed E-state index contributed by atoms with van der Waals surface area (Å²) >= 11 is 0. The summed E-state index contributed by atoms with van der Waals surface area (Å²) in [6.07, 6.45) is 10.8. The highest BCUT2D eigenvalue weighted by molar-refractivity contribution is 4.89. The van der Waals surface area contributed by atoms with Gasteiger partial charge in [0, 0.05) is 5.92 Å². The summed E-state index contributed by atoms with van der Waals surface area (Å²) in [6.45, 7) is 2.39. The van der Waals surface area contributed by atoms with Crippen LogP contribution in [0.15, 0.2) is 0 Å². The topological polar surface area (TPSA) is 86.8 Å². The predicted molar refractivity (Wildman–Crippen MR) is 69.4 cm³/mol. The molecule has 0 amide bonds. The fourth-order valence-electron chi connectivity index (χ4n) is 3.48. The van der Waals surface area contributed by atoms with E-state index in [-0.39, 0.29) is 11.0 Å². The van der Waals surface area contributed by atoms with Crippen molar-refractivity contribution in [1.29, 1.82) is 5.26 Å². The van der Waals surface area contributed by atoms with Gasteiger partial charge in [-0.05, 0) is 56.3 Å². The Morgan fingerprint density at radius 2 is 1.18 bits per heavy atom. The minimum atomic E-state index is 0. The van der Waals surface area contributed by atoms with Crippen molar-refractivity contribution in [1.82, 2.24) is 0 Å². The van der Waals surface area contributed by atoms with E-state index in [0.29, 0.717) is 5.92 Å². The van der Waals surface area contributed by atoms with Gasteiger partial charge in [-0.15, -0.1) is 0 Å². The van der Waals surface area contributed by atoms with E-state index in [2.05, 4.69) is 13.0 Å². The smallest absolute Gasteiger partial charge is 0.0655 e. The summed E-state index contributed by atoms with van der Waals surface area (Å²) in [5.74, 6) is 3.31. The molecule has 0 heterocycles. The van der Waals surface area contributed by atoms with Gasteiger partial charge in [0.1, 0.15) is 0 Å². The van der Waals surface area contributed by atoms with Crippen LogP contribution < -0.4 is 0 Å². The molecule has 3 heteroatoms. The van der Waals surface area contributed by atoms with E-state index in [1.54, 1.807) is 0 Å². The Morgan fingerprint density at radius 1 is 0.765 bits per heavy atom. The molecule has 2 saturated carbocycles. The third-order valence-electron chi connectivity index (χ3n) is 4.68. The van der Waals surface area contributed by atoms with Crippen LogP contribution in [-0.2, 0) is 0 Å². The zero-order valence-corrected chi connectivity index (χ0v) is 10.9. The first-order valence-corrected chi connectivity index (χ1v) is 6.69. The molecule has 0 radical (unpaired) electrons. The average molecular weight is 241 g/mol. The lowest BCUT2D eigenvalue weighted by Gasteiger charge is -2.35. The third kappa shape index (κ3) is 4.29. The molecule has 0 atom stereocenters. The largest absolute Gasteiger partial charge is 0.412 e. The van der Waals surface area contributed by atoms with E-state index in [1.165, 1.54) is 51.4 Å². The first-order chi connectivity index (χ1) is 7.29. The second-order valence-corrected chi connectivity index (χ2v) is 5.76. The first kappa shape index (κ1) is 16.4. The van der Waals surface area contributed by atoms with Gasteiger partial charge in [-0.1, -0.05) is 19.8 Å². The number of hydrogen-bond acceptors (Lipinski definition) is 1. The Labute approximate surface area is 105 Å². The van der Waals surface area contributed by atoms with Crippen molar-refractivity contribution in [2.24, 2.45) is 23.7 Å². The van der Waals surface area contributed by atoms with Crippen LogP contribution in [0.2, 0.25) is 0 Å². The lowest BCUT2D eigenvalue weighted by atomic mass is 9.70. The van der Waals surface area contributed by atoms with Crippen LogP contribution in [0.3, 0.4) is 0 Å². The second-order valence-electron chi connectivity index (χ2n) is 5.76. The molecule has 0 aromatic carbocycles. The summed E-state index contributed by atoms with van der Waals surface area (Å²) in [5.41, 5.74) is 0. The number of nitrogens with zero attached hydrogens (tertiary/aromatic N) is 1. The SMILES string of the molecule is CC1CCC(C2CCC(C#N)CC2)CC1.O.O. The molecule has 2 aliphatic rings. The molecule has 0 bridgehead atoms. The lowest BCUT2D eigenvalue weighted by molar-refractivity contribution is 0.161. The first-order valence-electron chi connectivity index (χ1n) is 6.69. The number of hydrogen-bond donors (Lipinski definition) is 0. The quantitative estimate of drug-likeness (QED) is 0.693. The molecule has 2 aliphatic carbocycles. The third-order valence-corrected chi connectivity index (χ3v) is 4.68. The van der Waals surface area contributed by atoms with Gasteiger partial charge in [0.15, 0.2) is 0 Å². The van der Waals surface area contributed by atoms with Gasteiger partial charge >= 0.3 is 0 Å². The van der Waals surface area contributed by atoms with Crippen molar-refractivity contribution in [2.45, 2.75) is 58.3 Å². The van der Waals surface area contributed by atoms with Crippen LogP contribution >= 0.6 is 0 Å². The molecule has 0 spiro atoms. The lowest BCUT2D eigenvalue weighted by Crippen LogP contribution is -2.24. The van der Waals surface area contributed by atoms with Gasteiger partial charge in [-0.25, -0.2) is 0 Å². The van der Waals surface area contributed by atoms with E-state index >= 15 is 0 Å². The minimum absolute atomic E-state index is 0. The van der Waals surface area contributed by atoms with E-state index in [4.69, 9.17) is 5.26 Å². The van der Waals surface area contributed by atoms with Crippen LogP contribution in [0.4, 0.5) is 0 Å². The van der Waals surface area contributed by atoms with Crippen LogP contribution in [0.5, 0.6) is 0 Å². The van der Waals surface area contributed by atoms with Crippen LogP contribution in [0.25, 0.3) is 0 Å². The highest BCUT2D eigenvalue weighted by Crippen LogP contribution is 2.40. The van der Waals surface area contributed by atoms with Crippen molar-refractivity contribution in [2.75, 3.05) is 0 Å². The molecule has 4 N–H and O–H groups in total. The minimum Gasteiger partial charge on any atom is -0.412 e. The fourth-order valence-corrected chi connectivity index (χ4v) is 3.48. The second kappa shape index (κ2) is 7.68. The Bertz CT molecular complexity index is 233. The number of nitriles is 1. The van der Waals surface area contributed by atoms with Crippen molar-refractivity contribution >= 4 is 0 Å². The zero-order valence-electron chi connectivity index (χ0n) is 10.9. The summed E-state index contributed by atoms with van der Waals surface area (Å²) < 4.78 is 0. The molecule has 2 rings (SSSR count). The average Bonchev–Trinajstić information content (AvgIpc) is 2.30. The zero-order chi connectivity index (χ0) is 10.7. The predicted octanol–water partition coefficient (Wildman–Crippen LogP) is 2.49. The molecule has 17 heavy (non-hydrogen) atoms. The monoisotopic (exact) mass is 241 g/mol. The maximum absolute atomic E-state index is 8.87. The summed E-state index contributed by atoms with van der Waals surface area (Å²) in [4.78, 5) is 0. The van der Waals surface area contributed by atoms with E-state index < -0.39 is 0 Å². The van der Waals surface area contributed by atoms with Crippen molar-refractivity contribution in [3.63, 3.8) is 0 Å². The highest BCUT2D eigenvalue weighted by atomic mass is 16.0. The molecule has 0 aromatic rings. The highest BCUT2D eigenvalue weighted by Gasteiger charge is 2.29. The van der Waals surface area contributed by atoms with Gasteiger partial charge in [0.05, 0.1) is 6.07 Å². The molecule has 100 valence electrons. The van der Waals surface area contributed by atoms with E-state index in [0.717, 1.165) is 17.8 Å². The van der Waals surface area contributed by atoms with Crippen molar-refractivity contribution in [3.8, 4) is 6.07 Å². The Hall–Kier alpha value is -0.590. The van der Waals surface area contributed by atoms with E-state index in [1.807, 2.05) is 0 Å². The fraction of sp³-hybridized carbons (Fsp3) is 0.929. The normalized spacial score (nSPS) is 37.2. The molecule has 0 aromatic heterocycles. The van der Waals surface area contributed by atoms with Gasteiger partial charge in [0.25, 0.3) is 0 Å². The molecule has 0 aliphatic heterocycles. The molecular weight excluding hydrogens is 214 g/mol. The standard InChI is InChI=1S/C14H23N.2H2O/c1-11-2-6-13(7-3-11)14-8-4-12(10-15)5-9-14;;/h11-14H,2-9H2,1H3;2*1H2. The summed E-state index contributed by atoms with van der Waals surface area (Å²) in [6, 6.07) is 2.43. The van der Waals surface area contributed by atoms with Gasteiger partial charge in [0.2, 0.25) is 0 Å². The maximum atomic E-state index is 8.87. The van der Waals surface area contributed by atoms with Crippen LogP contribution in [0, 0.1) is 35.0 Å². The van der Waals surface area contributed by atoms with Crippen molar-refractivity contribution < 1.29 is 11.0 Å². The molecule has 3 nitrogen and oxygen atoms in total. The Kier molecular flexibility index (Phi) is 7.41. The van der Waals surface area contributed by atoms with E-state index in [9.17, 15) is 0 Å². The van der Waals surface area contributed by atoms with Crippen molar-refractivity contribution in [3.05, 3.63) is 0 Å². The van der Waals surface area contributed by atoms with Crippen LogP contribution in [0.1, 0.15) is 58.3 Å². The molecule has 0 saturated heterocycles. The van der Waals surface area contributed by atoms with Gasteiger partial charge in [-0.2, -0.15) is 5.26 Å². The number of rotatable bonds is 1. The summed E-state index contributed by atoms with van der Waals surface area (Å²) in [5, 5.41) is 8.87. The maximum Gasteiger partial charge on any atom is 0.0655 e. The molecule has 0 unspecified atom stereocenters. The summed E-state index contributed by atoms with van der Waals surface area (Å²) in [7, 11) is 0. The molecular formula is C14H27NO2.